The molecule has 8 heteroatoms. The predicted molar refractivity (Wildman–Crippen MR) is 108 cm³/mol. The lowest BCUT2D eigenvalue weighted by Crippen LogP contribution is -2.21. The van der Waals surface area contributed by atoms with Gasteiger partial charge in [0.25, 0.3) is 0 Å². The topological polar surface area (TPSA) is 38.7 Å². The minimum Gasteiger partial charge on any atom is -0.494 e. The molecule has 1 atom stereocenters. The lowest BCUT2D eigenvalue weighted by Gasteiger charge is -2.19. The summed E-state index contributed by atoms with van der Waals surface area (Å²) < 4.78 is 49.6. The highest BCUT2D eigenvalue weighted by Crippen LogP contribution is 2.39. The van der Waals surface area contributed by atoms with Crippen molar-refractivity contribution < 1.29 is 27.8 Å². The van der Waals surface area contributed by atoms with Crippen molar-refractivity contribution in [1.29, 1.82) is 0 Å². The maximum atomic E-state index is 13.0. The van der Waals surface area contributed by atoms with E-state index in [1.54, 1.807) is 13.9 Å². The fraction of sp³-hybridized carbons (Fsp3) is 0.300. The standard InChI is InChI=1S/C20H20BF3O3S/c1-2-3-8-26-16-11-15(27-20(22,23)24)13(10-14(16)21)19(25)18-9-12-6-4-5-7-17(12)28-18/h4-7,9-11,19,25H,2-3,8,21H2,1H3. The molecule has 0 aliphatic carbocycles. The van der Waals surface area contributed by atoms with E-state index in [0.29, 0.717) is 22.7 Å². The van der Waals surface area contributed by atoms with E-state index < -0.39 is 18.2 Å². The van der Waals surface area contributed by atoms with Crippen molar-refractivity contribution in [1.82, 2.24) is 0 Å². The molecule has 1 N–H and O–H groups in total. The van der Waals surface area contributed by atoms with E-state index in [4.69, 9.17) is 4.74 Å². The SMILES string of the molecule is Bc1cc(C(O)c2cc3ccccc3s2)c(OC(F)(F)F)cc1OCCCC. The molecule has 0 aliphatic rings. The largest absolute Gasteiger partial charge is 0.573 e. The van der Waals surface area contributed by atoms with Crippen molar-refractivity contribution in [2.24, 2.45) is 0 Å². The maximum absolute atomic E-state index is 13.0. The van der Waals surface area contributed by atoms with Crippen LogP contribution in [0.15, 0.2) is 42.5 Å². The van der Waals surface area contributed by atoms with E-state index in [9.17, 15) is 18.3 Å². The molecular formula is C20H20BF3O3S. The number of alkyl halides is 3. The Bertz CT molecular complexity index is 923. The van der Waals surface area contributed by atoms with Gasteiger partial charge in [-0.25, -0.2) is 0 Å². The summed E-state index contributed by atoms with van der Waals surface area (Å²) in [5.41, 5.74) is 0.699. The van der Waals surface area contributed by atoms with Crippen LogP contribution >= 0.6 is 11.3 Å². The Morgan fingerprint density at radius 1 is 1.14 bits per heavy atom. The molecule has 1 heterocycles. The Balaban J connectivity index is 2.00. The molecule has 2 aromatic carbocycles. The Labute approximate surface area is 166 Å². The Morgan fingerprint density at radius 2 is 1.89 bits per heavy atom. The summed E-state index contributed by atoms with van der Waals surface area (Å²) in [7, 11) is 1.74. The summed E-state index contributed by atoms with van der Waals surface area (Å²) in [6, 6.07) is 12.0. The van der Waals surface area contributed by atoms with E-state index in [2.05, 4.69) is 4.74 Å². The van der Waals surface area contributed by atoms with Crippen LogP contribution in [-0.2, 0) is 0 Å². The highest BCUT2D eigenvalue weighted by Gasteiger charge is 2.34. The van der Waals surface area contributed by atoms with Crippen LogP contribution in [0.5, 0.6) is 11.5 Å². The Hall–Kier alpha value is -2.19. The van der Waals surface area contributed by atoms with Gasteiger partial charge in [-0.1, -0.05) is 37.6 Å². The van der Waals surface area contributed by atoms with Crippen LogP contribution in [0, 0.1) is 0 Å². The molecule has 0 fully saturated rings. The monoisotopic (exact) mass is 408 g/mol. The molecular weight excluding hydrogens is 388 g/mol. The molecule has 1 aromatic heterocycles. The number of hydrogen-bond acceptors (Lipinski definition) is 4. The van der Waals surface area contributed by atoms with Crippen LogP contribution in [0.2, 0.25) is 0 Å². The number of hydrogen-bond donors (Lipinski definition) is 1. The lowest BCUT2D eigenvalue weighted by molar-refractivity contribution is -0.275. The third-order valence-electron chi connectivity index (χ3n) is 4.30. The third-order valence-corrected chi connectivity index (χ3v) is 5.47. The van der Waals surface area contributed by atoms with Gasteiger partial charge in [0, 0.05) is 21.2 Å². The second-order valence-electron chi connectivity index (χ2n) is 6.49. The van der Waals surface area contributed by atoms with Crippen LogP contribution in [0.25, 0.3) is 10.1 Å². The summed E-state index contributed by atoms with van der Waals surface area (Å²) in [5, 5.41) is 11.7. The number of unbranched alkanes of at least 4 members (excludes halogenated alkanes) is 1. The van der Waals surface area contributed by atoms with E-state index in [0.717, 1.165) is 22.9 Å². The lowest BCUT2D eigenvalue weighted by atomic mass is 9.90. The molecule has 148 valence electrons. The van der Waals surface area contributed by atoms with Crippen molar-refractivity contribution >= 4 is 34.7 Å². The van der Waals surface area contributed by atoms with Gasteiger partial charge in [0.05, 0.1) is 6.61 Å². The molecule has 1 unspecified atom stereocenters. The minimum absolute atomic E-state index is 0.0595. The fourth-order valence-corrected chi connectivity index (χ4v) is 3.96. The third kappa shape index (κ3) is 4.80. The molecule has 0 bridgehead atoms. The normalized spacial score (nSPS) is 12.9. The van der Waals surface area contributed by atoms with Crippen molar-refractivity contribution in [2.75, 3.05) is 6.61 Å². The smallest absolute Gasteiger partial charge is 0.494 e. The number of aliphatic hydroxyl groups excluding tert-OH is 1. The van der Waals surface area contributed by atoms with E-state index in [-0.39, 0.29) is 5.56 Å². The van der Waals surface area contributed by atoms with Crippen molar-refractivity contribution in [2.45, 2.75) is 32.2 Å². The van der Waals surface area contributed by atoms with Crippen LogP contribution in [0.4, 0.5) is 13.2 Å². The first kappa shape index (κ1) is 20.5. The number of fused-ring (bicyclic) bond motifs is 1. The molecule has 0 radical (unpaired) electrons. The first-order valence-electron chi connectivity index (χ1n) is 8.98. The Morgan fingerprint density at radius 3 is 2.57 bits per heavy atom. The zero-order chi connectivity index (χ0) is 20.3. The van der Waals surface area contributed by atoms with Gasteiger partial charge in [-0.15, -0.1) is 24.5 Å². The summed E-state index contributed by atoms with van der Waals surface area (Å²) in [4.78, 5) is 0.548. The van der Waals surface area contributed by atoms with Crippen LogP contribution in [0.3, 0.4) is 0 Å². The molecule has 0 aliphatic heterocycles. The molecule has 3 rings (SSSR count). The van der Waals surface area contributed by atoms with Crippen molar-refractivity contribution in [3.05, 3.63) is 52.9 Å². The molecule has 0 amide bonds. The molecule has 0 saturated carbocycles. The summed E-state index contributed by atoms with van der Waals surface area (Å²) in [6.07, 6.45) is -4.41. The Kier molecular flexibility index (Phi) is 6.20. The van der Waals surface area contributed by atoms with Gasteiger partial charge in [0.1, 0.15) is 25.4 Å². The zero-order valence-corrected chi connectivity index (χ0v) is 16.4. The van der Waals surface area contributed by atoms with Gasteiger partial charge in [0.15, 0.2) is 0 Å². The molecule has 3 nitrogen and oxygen atoms in total. The van der Waals surface area contributed by atoms with E-state index >= 15 is 0 Å². The maximum Gasteiger partial charge on any atom is 0.573 e. The second-order valence-corrected chi connectivity index (χ2v) is 7.61. The van der Waals surface area contributed by atoms with Crippen molar-refractivity contribution in [3.8, 4) is 11.5 Å². The summed E-state index contributed by atoms with van der Waals surface area (Å²) in [5.74, 6) is -0.130. The average Bonchev–Trinajstić information content (AvgIpc) is 3.06. The highest BCUT2D eigenvalue weighted by molar-refractivity contribution is 7.19. The van der Waals surface area contributed by atoms with Gasteiger partial charge < -0.3 is 14.6 Å². The number of thiophene rings is 1. The first-order chi connectivity index (χ1) is 13.3. The number of rotatable bonds is 7. The minimum atomic E-state index is -4.87. The predicted octanol–water partition coefficient (Wildman–Crippen LogP) is 4.32. The van der Waals surface area contributed by atoms with Crippen LogP contribution in [0.1, 0.15) is 36.3 Å². The number of halogens is 3. The quantitative estimate of drug-likeness (QED) is 0.468. The highest BCUT2D eigenvalue weighted by atomic mass is 32.1. The summed E-state index contributed by atoms with van der Waals surface area (Å²) in [6.45, 7) is 2.40. The van der Waals surface area contributed by atoms with Gasteiger partial charge in [-0.2, -0.15) is 0 Å². The summed E-state index contributed by atoms with van der Waals surface area (Å²) >= 11 is 1.34. The first-order valence-corrected chi connectivity index (χ1v) is 9.79. The number of ether oxygens (including phenoxy) is 2. The zero-order valence-electron chi connectivity index (χ0n) is 15.5. The van der Waals surface area contributed by atoms with Gasteiger partial charge in [-0.05, 0) is 29.4 Å². The van der Waals surface area contributed by atoms with E-state index in [1.807, 2.05) is 31.2 Å². The average molecular weight is 408 g/mol. The molecule has 0 spiro atoms. The molecule has 3 aromatic rings. The van der Waals surface area contributed by atoms with Gasteiger partial charge >= 0.3 is 6.36 Å². The van der Waals surface area contributed by atoms with E-state index in [1.165, 1.54) is 23.5 Å². The second kappa shape index (κ2) is 8.45. The van der Waals surface area contributed by atoms with Gasteiger partial charge in [0.2, 0.25) is 0 Å². The molecule has 28 heavy (non-hydrogen) atoms. The van der Waals surface area contributed by atoms with Crippen LogP contribution < -0.4 is 14.9 Å². The fourth-order valence-electron chi connectivity index (χ4n) is 2.89. The number of aliphatic hydroxyl groups is 1. The molecule has 0 saturated heterocycles. The van der Waals surface area contributed by atoms with Crippen LogP contribution in [-0.4, -0.2) is 25.9 Å². The number of benzene rings is 2. The van der Waals surface area contributed by atoms with Crippen molar-refractivity contribution in [3.63, 3.8) is 0 Å². The van der Waals surface area contributed by atoms with Gasteiger partial charge in [-0.3, -0.25) is 0 Å².